The van der Waals surface area contributed by atoms with Crippen LogP contribution in [-0.2, 0) is 5.88 Å². The molecule has 0 atom stereocenters. The third kappa shape index (κ3) is 2.65. The molecule has 0 aromatic heterocycles. The maximum atomic E-state index is 5.84. The van der Waals surface area contributed by atoms with Crippen LogP contribution in [0, 0.1) is 0 Å². The van der Waals surface area contributed by atoms with Crippen molar-refractivity contribution in [1.82, 2.24) is 0 Å². The average molecular weight is 199 g/mol. The molecule has 0 saturated heterocycles. The Morgan fingerprint density at radius 1 is 1.33 bits per heavy atom. The Morgan fingerprint density at radius 3 is 2.58 bits per heavy atom. The molecule has 0 bridgehead atoms. The van der Waals surface area contributed by atoms with E-state index in [1.807, 2.05) is 0 Å². The highest BCUT2D eigenvalue weighted by Crippen LogP contribution is 2.04. The van der Waals surface area contributed by atoms with E-state index in [1.54, 1.807) is 0 Å². The predicted octanol–water partition coefficient (Wildman–Crippen LogP) is 2.05. The maximum Gasteiger partial charge on any atom is 0.0577 e. The summed E-state index contributed by atoms with van der Waals surface area (Å²) in [4.78, 5) is 0. The van der Waals surface area contributed by atoms with E-state index in [9.17, 15) is 0 Å². The van der Waals surface area contributed by atoms with Crippen molar-refractivity contribution in [3.8, 4) is 0 Å². The Labute approximate surface area is 81.8 Å². The topological polar surface area (TPSA) is 0 Å². The normalized spacial score (nSPS) is 11.7. The number of benzene rings is 1. The quantitative estimate of drug-likeness (QED) is 0.515. The Bertz CT molecular complexity index is 245. The molecule has 0 saturated carbocycles. The molecule has 0 aliphatic heterocycles. The molecule has 1 rings (SSSR count). The molecule has 0 radical (unpaired) electrons. The van der Waals surface area contributed by atoms with Gasteiger partial charge in [0.1, 0.15) is 0 Å². The van der Waals surface area contributed by atoms with Gasteiger partial charge in [-0.25, -0.2) is 0 Å². The summed E-state index contributed by atoms with van der Waals surface area (Å²) in [6.45, 7) is 4.58. The van der Waals surface area contributed by atoms with Crippen LogP contribution in [0.5, 0.6) is 0 Å². The Hall–Kier alpha value is -0.273. The fraction of sp³-hybridized carbons (Fsp3) is 0.400. The van der Waals surface area contributed by atoms with E-state index in [1.165, 1.54) is 10.8 Å². The highest BCUT2D eigenvalue weighted by molar-refractivity contribution is 6.55. The highest BCUT2D eigenvalue weighted by Gasteiger charge is 2.02. The summed E-state index contributed by atoms with van der Waals surface area (Å²) in [6.07, 6.45) is 0. The minimum atomic E-state index is -0.101. The van der Waals surface area contributed by atoms with Gasteiger partial charge in [-0.15, -0.1) is 11.6 Å². The van der Waals surface area contributed by atoms with Crippen LogP contribution in [0.15, 0.2) is 24.3 Å². The van der Waals surface area contributed by atoms with Crippen molar-refractivity contribution in [3.63, 3.8) is 0 Å². The van der Waals surface area contributed by atoms with E-state index in [2.05, 4.69) is 38.1 Å². The first-order valence-electron chi connectivity index (χ1n) is 4.36. The number of hydrogen-bond donors (Lipinski definition) is 0. The van der Waals surface area contributed by atoms with Crippen LogP contribution in [0.25, 0.3) is 0 Å². The lowest BCUT2D eigenvalue weighted by Gasteiger charge is -2.07. The van der Waals surface area contributed by atoms with Crippen LogP contribution in [-0.4, -0.2) is 9.52 Å². The largest absolute Gasteiger partial charge is 0.122 e. The van der Waals surface area contributed by atoms with Gasteiger partial charge in [0, 0.05) is 5.88 Å². The van der Waals surface area contributed by atoms with Crippen molar-refractivity contribution in [1.29, 1.82) is 0 Å². The Kier molecular flexibility index (Phi) is 3.83. The van der Waals surface area contributed by atoms with Crippen molar-refractivity contribution >= 4 is 26.3 Å². The summed E-state index contributed by atoms with van der Waals surface area (Å²) < 4.78 is 0. The zero-order chi connectivity index (χ0) is 8.97. The predicted molar refractivity (Wildman–Crippen MR) is 59.3 cm³/mol. The summed E-state index contributed by atoms with van der Waals surface area (Å²) in [5.41, 5.74) is 2.17. The molecule has 0 amide bonds. The Balaban J connectivity index is 2.82. The molecular weight excluding hydrogens is 184 g/mol. The summed E-state index contributed by atoms with van der Waals surface area (Å²) in [7, 11) is -0.101. The molecule has 0 heterocycles. The van der Waals surface area contributed by atoms with E-state index >= 15 is 0 Å². The SMILES string of the molecule is CC(C)[SiH2]c1ccccc1CCl. The van der Waals surface area contributed by atoms with Gasteiger partial charge in [-0.2, -0.15) is 0 Å². The Morgan fingerprint density at radius 2 is 2.00 bits per heavy atom. The first-order chi connectivity index (χ1) is 5.74. The van der Waals surface area contributed by atoms with Crippen LogP contribution in [0.4, 0.5) is 0 Å². The lowest BCUT2D eigenvalue weighted by atomic mass is 10.2. The first-order valence-corrected chi connectivity index (χ1v) is 6.42. The third-order valence-corrected chi connectivity index (χ3v) is 4.12. The standard InChI is InChI=1S/C10H15ClSi/c1-8(2)12-10-6-4-3-5-9(10)7-11/h3-6,8H,7,12H2,1-2H3. The summed E-state index contributed by atoms with van der Waals surface area (Å²) in [6, 6.07) is 8.54. The zero-order valence-electron chi connectivity index (χ0n) is 7.68. The number of hydrogen-bond acceptors (Lipinski definition) is 0. The van der Waals surface area contributed by atoms with Gasteiger partial charge >= 0.3 is 0 Å². The molecule has 0 aliphatic carbocycles. The molecule has 1 aromatic carbocycles. The molecule has 0 fully saturated rings. The first kappa shape index (κ1) is 9.81. The molecule has 66 valence electrons. The van der Waals surface area contributed by atoms with Crippen LogP contribution < -0.4 is 5.19 Å². The third-order valence-electron chi connectivity index (χ3n) is 1.89. The average Bonchev–Trinajstić information content (AvgIpc) is 2.04. The van der Waals surface area contributed by atoms with Gasteiger partial charge in [-0.3, -0.25) is 0 Å². The smallest absolute Gasteiger partial charge is 0.0577 e. The molecule has 0 N–H and O–H groups in total. The van der Waals surface area contributed by atoms with Crippen LogP contribution >= 0.6 is 11.6 Å². The van der Waals surface area contributed by atoms with Crippen LogP contribution in [0.3, 0.4) is 0 Å². The van der Waals surface area contributed by atoms with E-state index in [0.717, 1.165) is 5.54 Å². The molecular formula is C10H15ClSi. The minimum absolute atomic E-state index is 0.101. The molecule has 0 spiro atoms. The van der Waals surface area contributed by atoms with Crippen molar-refractivity contribution in [2.24, 2.45) is 0 Å². The van der Waals surface area contributed by atoms with Gasteiger partial charge < -0.3 is 0 Å². The van der Waals surface area contributed by atoms with Crippen LogP contribution in [0.2, 0.25) is 5.54 Å². The van der Waals surface area contributed by atoms with Gasteiger partial charge in [0.05, 0.1) is 9.52 Å². The van der Waals surface area contributed by atoms with E-state index in [0.29, 0.717) is 5.88 Å². The lowest BCUT2D eigenvalue weighted by molar-refractivity contribution is 1.07. The number of alkyl halides is 1. The summed E-state index contributed by atoms with van der Waals surface area (Å²) in [5.74, 6) is 0.663. The molecule has 12 heavy (non-hydrogen) atoms. The summed E-state index contributed by atoms with van der Waals surface area (Å²) in [5, 5.41) is 1.53. The van der Waals surface area contributed by atoms with Gasteiger partial charge in [0.25, 0.3) is 0 Å². The summed E-state index contributed by atoms with van der Waals surface area (Å²) >= 11 is 5.84. The highest BCUT2D eigenvalue weighted by atomic mass is 35.5. The maximum absolute atomic E-state index is 5.84. The van der Waals surface area contributed by atoms with E-state index < -0.39 is 0 Å². The number of halogens is 1. The fourth-order valence-corrected chi connectivity index (χ4v) is 3.40. The molecule has 0 nitrogen and oxygen atoms in total. The second kappa shape index (κ2) is 4.68. The monoisotopic (exact) mass is 198 g/mol. The van der Waals surface area contributed by atoms with Crippen molar-refractivity contribution < 1.29 is 0 Å². The molecule has 0 unspecified atom stereocenters. The van der Waals surface area contributed by atoms with Gasteiger partial charge in [-0.1, -0.05) is 48.8 Å². The molecule has 0 aliphatic rings. The zero-order valence-corrected chi connectivity index (χ0v) is 9.85. The van der Waals surface area contributed by atoms with Gasteiger partial charge in [-0.05, 0) is 5.56 Å². The van der Waals surface area contributed by atoms with Crippen molar-refractivity contribution in [2.45, 2.75) is 25.3 Å². The second-order valence-corrected chi connectivity index (χ2v) is 6.57. The van der Waals surface area contributed by atoms with Gasteiger partial charge in [0.2, 0.25) is 0 Å². The number of rotatable bonds is 3. The molecule has 1 aromatic rings. The van der Waals surface area contributed by atoms with Gasteiger partial charge in [0.15, 0.2) is 0 Å². The van der Waals surface area contributed by atoms with E-state index in [4.69, 9.17) is 11.6 Å². The minimum Gasteiger partial charge on any atom is -0.122 e. The van der Waals surface area contributed by atoms with Crippen molar-refractivity contribution in [3.05, 3.63) is 29.8 Å². The lowest BCUT2D eigenvalue weighted by Crippen LogP contribution is -2.20. The van der Waals surface area contributed by atoms with Crippen molar-refractivity contribution in [2.75, 3.05) is 0 Å². The fourth-order valence-electron chi connectivity index (χ4n) is 1.33. The second-order valence-electron chi connectivity index (χ2n) is 3.50. The van der Waals surface area contributed by atoms with Crippen LogP contribution in [0.1, 0.15) is 19.4 Å². The molecule has 2 heteroatoms. The van der Waals surface area contributed by atoms with E-state index in [-0.39, 0.29) is 9.52 Å².